The third-order valence-electron chi connectivity index (χ3n) is 3.96. The number of hydrogen-bond donors (Lipinski definition) is 1. The SMILES string of the molecule is COc1cccc(-c2cnoc2CC2CCNCC2)c1. The molecule has 2 aromatic rings. The van der Waals surface area contributed by atoms with E-state index in [9.17, 15) is 0 Å². The first kappa shape index (κ1) is 13.2. The van der Waals surface area contributed by atoms with Crippen molar-refractivity contribution < 1.29 is 9.26 Å². The summed E-state index contributed by atoms with van der Waals surface area (Å²) < 4.78 is 10.8. The number of rotatable bonds is 4. The average molecular weight is 272 g/mol. The fraction of sp³-hybridized carbons (Fsp3) is 0.438. The summed E-state index contributed by atoms with van der Waals surface area (Å²) >= 11 is 0. The molecule has 1 fully saturated rings. The van der Waals surface area contributed by atoms with E-state index in [-0.39, 0.29) is 0 Å². The molecule has 0 saturated carbocycles. The van der Waals surface area contributed by atoms with Crippen molar-refractivity contribution in [2.45, 2.75) is 19.3 Å². The number of nitrogens with one attached hydrogen (secondary N) is 1. The summed E-state index contributed by atoms with van der Waals surface area (Å²) in [6.45, 7) is 2.21. The van der Waals surface area contributed by atoms with E-state index in [1.54, 1.807) is 7.11 Å². The van der Waals surface area contributed by atoms with Gasteiger partial charge in [0, 0.05) is 12.0 Å². The fourth-order valence-corrected chi connectivity index (χ4v) is 2.79. The molecule has 4 nitrogen and oxygen atoms in total. The Bertz CT molecular complexity index is 559. The van der Waals surface area contributed by atoms with Crippen LogP contribution in [-0.2, 0) is 6.42 Å². The molecule has 1 aromatic carbocycles. The smallest absolute Gasteiger partial charge is 0.144 e. The third-order valence-corrected chi connectivity index (χ3v) is 3.96. The summed E-state index contributed by atoms with van der Waals surface area (Å²) in [7, 11) is 1.68. The van der Waals surface area contributed by atoms with Crippen molar-refractivity contribution in [3.05, 3.63) is 36.2 Å². The summed E-state index contributed by atoms with van der Waals surface area (Å²) in [6.07, 6.45) is 5.19. The van der Waals surface area contributed by atoms with Crippen LogP contribution in [0.25, 0.3) is 11.1 Å². The Morgan fingerprint density at radius 3 is 3.00 bits per heavy atom. The molecule has 0 bridgehead atoms. The molecule has 106 valence electrons. The lowest BCUT2D eigenvalue weighted by Gasteiger charge is -2.21. The molecular weight excluding hydrogens is 252 g/mol. The molecule has 2 heterocycles. The van der Waals surface area contributed by atoms with Crippen molar-refractivity contribution in [2.75, 3.05) is 20.2 Å². The first-order chi connectivity index (χ1) is 9.86. The number of aromatic nitrogens is 1. The van der Waals surface area contributed by atoms with Gasteiger partial charge in [-0.15, -0.1) is 0 Å². The zero-order valence-electron chi connectivity index (χ0n) is 11.8. The van der Waals surface area contributed by atoms with Crippen LogP contribution in [0, 0.1) is 5.92 Å². The molecular formula is C16H20N2O2. The van der Waals surface area contributed by atoms with Crippen molar-refractivity contribution in [2.24, 2.45) is 5.92 Å². The fourth-order valence-electron chi connectivity index (χ4n) is 2.79. The second-order valence-corrected chi connectivity index (χ2v) is 5.29. The van der Waals surface area contributed by atoms with Gasteiger partial charge in [0.25, 0.3) is 0 Å². The standard InChI is InChI=1S/C16H20N2O2/c1-19-14-4-2-3-13(10-14)15-11-18-20-16(15)9-12-5-7-17-8-6-12/h2-4,10-12,17H,5-9H2,1H3. The van der Waals surface area contributed by atoms with Crippen LogP contribution in [0.1, 0.15) is 18.6 Å². The molecule has 1 aliphatic heterocycles. The van der Waals surface area contributed by atoms with E-state index in [2.05, 4.69) is 16.5 Å². The van der Waals surface area contributed by atoms with Crippen molar-refractivity contribution in [1.29, 1.82) is 0 Å². The Kier molecular flexibility index (Phi) is 4.02. The van der Waals surface area contributed by atoms with Gasteiger partial charge in [-0.25, -0.2) is 0 Å². The van der Waals surface area contributed by atoms with Crippen LogP contribution in [0.15, 0.2) is 35.0 Å². The predicted molar refractivity (Wildman–Crippen MR) is 77.8 cm³/mol. The van der Waals surface area contributed by atoms with Gasteiger partial charge in [0.05, 0.1) is 13.3 Å². The minimum atomic E-state index is 0.688. The van der Waals surface area contributed by atoms with E-state index in [0.717, 1.165) is 42.1 Å². The average Bonchev–Trinajstić information content (AvgIpc) is 2.96. The predicted octanol–water partition coefficient (Wildman–Crippen LogP) is 2.89. The quantitative estimate of drug-likeness (QED) is 0.929. The monoisotopic (exact) mass is 272 g/mol. The Hall–Kier alpha value is -1.81. The Labute approximate surface area is 119 Å². The van der Waals surface area contributed by atoms with Crippen LogP contribution in [0.4, 0.5) is 0 Å². The highest BCUT2D eigenvalue weighted by Gasteiger charge is 2.19. The van der Waals surface area contributed by atoms with Crippen LogP contribution < -0.4 is 10.1 Å². The summed E-state index contributed by atoms with van der Waals surface area (Å²) in [5.41, 5.74) is 2.19. The Morgan fingerprint density at radius 1 is 1.35 bits per heavy atom. The van der Waals surface area contributed by atoms with E-state index < -0.39 is 0 Å². The molecule has 1 aromatic heterocycles. The molecule has 0 unspecified atom stereocenters. The van der Waals surface area contributed by atoms with E-state index >= 15 is 0 Å². The molecule has 4 heteroatoms. The normalized spacial score (nSPS) is 16.2. The molecule has 0 amide bonds. The summed E-state index contributed by atoms with van der Waals surface area (Å²) in [5, 5.41) is 7.38. The van der Waals surface area contributed by atoms with Crippen molar-refractivity contribution in [3.63, 3.8) is 0 Å². The topological polar surface area (TPSA) is 47.3 Å². The molecule has 1 N–H and O–H groups in total. The molecule has 0 atom stereocenters. The first-order valence-corrected chi connectivity index (χ1v) is 7.15. The first-order valence-electron chi connectivity index (χ1n) is 7.15. The molecule has 20 heavy (non-hydrogen) atoms. The van der Waals surface area contributed by atoms with Crippen LogP contribution in [0.3, 0.4) is 0 Å². The highest BCUT2D eigenvalue weighted by atomic mass is 16.5. The molecule has 0 radical (unpaired) electrons. The minimum absolute atomic E-state index is 0.688. The lowest BCUT2D eigenvalue weighted by atomic mass is 9.91. The van der Waals surface area contributed by atoms with Gasteiger partial charge in [-0.05, 0) is 49.5 Å². The van der Waals surface area contributed by atoms with Gasteiger partial charge in [0.15, 0.2) is 0 Å². The summed E-state index contributed by atoms with van der Waals surface area (Å²) in [5.74, 6) is 2.54. The lowest BCUT2D eigenvalue weighted by molar-refractivity contribution is 0.319. The van der Waals surface area contributed by atoms with Crippen molar-refractivity contribution in [1.82, 2.24) is 10.5 Å². The molecule has 1 aliphatic rings. The van der Waals surface area contributed by atoms with Crippen molar-refractivity contribution in [3.8, 4) is 16.9 Å². The highest BCUT2D eigenvalue weighted by Crippen LogP contribution is 2.29. The zero-order chi connectivity index (χ0) is 13.8. The van der Waals surface area contributed by atoms with Gasteiger partial charge in [-0.3, -0.25) is 0 Å². The number of piperidine rings is 1. The van der Waals surface area contributed by atoms with Crippen LogP contribution in [0.5, 0.6) is 5.75 Å². The van der Waals surface area contributed by atoms with E-state index in [4.69, 9.17) is 9.26 Å². The van der Waals surface area contributed by atoms with Gasteiger partial charge >= 0.3 is 0 Å². The summed E-state index contributed by atoms with van der Waals surface area (Å²) in [4.78, 5) is 0. The number of methoxy groups -OCH3 is 1. The number of hydrogen-bond acceptors (Lipinski definition) is 4. The summed E-state index contributed by atoms with van der Waals surface area (Å²) in [6, 6.07) is 8.04. The molecule has 3 rings (SSSR count). The minimum Gasteiger partial charge on any atom is -0.497 e. The van der Waals surface area contributed by atoms with Gasteiger partial charge in [-0.2, -0.15) is 0 Å². The van der Waals surface area contributed by atoms with Gasteiger partial charge in [-0.1, -0.05) is 17.3 Å². The number of ether oxygens (including phenoxy) is 1. The van der Waals surface area contributed by atoms with Gasteiger partial charge in [0.2, 0.25) is 0 Å². The van der Waals surface area contributed by atoms with Crippen molar-refractivity contribution >= 4 is 0 Å². The van der Waals surface area contributed by atoms with Gasteiger partial charge < -0.3 is 14.6 Å². The van der Waals surface area contributed by atoms with Gasteiger partial charge in [0.1, 0.15) is 11.5 Å². The maximum absolute atomic E-state index is 5.48. The van der Waals surface area contributed by atoms with E-state index in [1.165, 1.54) is 12.8 Å². The number of nitrogens with zero attached hydrogens (tertiary/aromatic N) is 1. The zero-order valence-corrected chi connectivity index (χ0v) is 11.8. The number of benzene rings is 1. The molecule has 0 aliphatic carbocycles. The van der Waals surface area contributed by atoms with E-state index in [1.807, 2.05) is 24.4 Å². The Balaban J connectivity index is 1.81. The maximum atomic E-state index is 5.48. The maximum Gasteiger partial charge on any atom is 0.144 e. The lowest BCUT2D eigenvalue weighted by Crippen LogP contribution is -2.28. The third kappa shape index (κ3) is 2.85. The Morgan fingerprint density at radius 2 is 2.20 bits per heavy atom. The second-order valence-electron chi connectivity index (χ2n) is 5.29. The second kappa shape index (κ2) is 6.09. The molecule has 1 saturated heterocycles. The highest BCUT2D eigenvalue weighted by molar-refractivity contribution is 5.66. The molecule has 0 spiro atoms. The van der Waals surface area contributed by atoms with Crippen LogP contribution in [-0.4, -0.2) is 25.4 Å². The van der Waals surface area contributed by atoms with Crippen LogP contribution in [0.2, 0.25) is 0 Å². The largest absolute Gasteiger partial charge is 0.497 e. The van der Waals surface area contributed by atoms with Crippen LogP contribution >= 0.6 is 0 Å². The van der Waals surface area contributed by atoms with E-state index in [0.29, 0.717) is 5.92 Å².